The Morgan fingerprint density at radius 1 is 1.00 bits per heavy atom. The molecule has 32 heavy (non-hydrogen) atoms. The Kier molecular flexibility index (Phi) is 10.6. The lowest BCUT2D eigenvalue weighted by Gasteiger charge is -2.23. The number of amides is 3. The van der Waals surface area contributed by atoms with Gasteiger partial charge in [-0.05, 0) is 29.5 Å². The van der Waals surface area contributed by atoms with Gasteiger partial charge in [0, 0.05) is 6.42 Å². The minimum absolute atomic E-state index is 0.0624. The highest BCUT2D eigenvalue weighted by Crippen LogP contribution is 2.12. The number of aromatic hydroxyl groups is 1. The summed E-state index contributed by atoms with van der Waals surface area (Å²) >= 11 is 0. The first-order valence-electron chi connectivity index (χ1n) is 10.6. The number of hydrogen-bond acceptors (Lipinski definition) is 6. The fourth-order valence-electron chi connectivity index (χ4n) is 2.89. The normalized spacial score (nSPS) is 14.7. The molecule has 0 saturated heterocycles. The largest absolute Gasteiger partial charge is 0.508 e. The summed E-state index contributed by atoms with van der Waals surface area (Å²) < 4.78 is 0. The van der Waals surface area contributed by atoms with E-state index in [1.54, 1.807) is 26.0 Å². The molecule has 4 unspecified atom stereocenters. The molecule has 0 fully saturated rings. The second kappa shape index (κ2) is 12.7. The van der Waals surface area contributed by atoms with Gasteiger partial charge in [-0.2, -0.15) is 0 Å². The van der Waals surface area contributed by atoms with E-state index in [0.29, 0.717) is 12.0 Å². The predicted molar refractivity (Wildman–Crippen MR) is 119 cm³/mol. The number of carboxylic acids is 1. The van der Waals surface area contributed by atoms with Crippen LogP contribution in [0.3, 0.4) is 0 Å². The number of nitrogens with one attached hydrogen (secondary N) is 3. The van der Waals surface area contributed by atoms with Gasteiger partial charge in [-0.25, -0.2) is 4.79 Å². The summed E-state index contributed by atoms with van der Waals surface area (Å²) in [6.45, 7) is 6.59. The lowest BCUT2D eigenvalue weighted by atomic mass is 9.98. The summed E-state index contributed by atoms with van der Waals surface area (Å²) in [6.07, 6.45) is 0.792. The van der Waals surface area contributed by atoms with Crippen molar-refractivity contribution in [1.29, 1.82) is 0 Å². The van der Waals surface area contributed by atoms with Crippen molar-refractivity contribution < 1.29 is 29.4 Å². The Morgan fingerprint density at radius 2 is 1.59 bits per heavy atom. The van der Waals surface area contributed by atoms with Gasteiger partial charge >= 0.3 is 5.97 Å². The molecule has 7 N–H and O–H groups in total. The number of phenolic OH excluding ortho intramolecular Hbond substituents is 1. The number of nitrogens with two attached hydrogens (primary N) is 1. The van der Waals surface area contributed by atoms with Crippen molar-refractivity contribution in [2.45, 2.75) is 58.7 Å². The smallest absolute Gasteiger partial charge is 0.326 e. The van der Waals surface area contributed by atoms with Crippen LogP contribution >= 0.6 is 0 Å². The summed E-state index contributed by atoms with van der Waals surface area (Å²) in [4.78, 5) is 48.6. The SMILES string of the molecule is CCC(C)C(N)C(=O)NC(Cc1ccc(O)cc1)C(=O)NCC(=O)NC(C(=O)O)C(C)C. The third-order valence-electron chi connectivity index (χ3n) is 5.24. The van der Waals surface area contributed by atoms with Crippen molar-refractivity contribution in [2.24, 2.45) is 17.6 Å². The van der Waals surface area contributed by atoms with Crippen molar-refractivity contribution in [3.8, 4) is 5.75 Å². The van der Waals surface area contributed by atoms with Gasteiger partial charge in [0.1, 0.15) is 17.8 Å². The number of benzene rings is 1. The Balaban J connectivity index is 2.86. The zero-order valence-electron chi connectivity index (χ0n) is 18.9. The zero-order chi connectivity index (χ0) is 24.4. The molecule has 0 saturated carbocycles. The van der Waals surface area contributed by atoms with Crippen molar-refractivity contribution in [2.75, 3.05) is 6.54 Å². The molecule has 0 aliphatic carbocycles. The topological polar surface area (TPSA) is 171 Å². The van der Waals surface area contributed by atoms with Gasteiger partial charge in [0.05, 0.1) is 12.6 Å². The third kappa shape index (κ3) is 8.54. The molecule has 1 aromatic rings. The number of rotatable bonds is 12. The van der Waals surface area contributed by atoms with Crippen molar-refractivity contribution >= 4 is 23.7 Å². The van der Waals surface area contributed by atoms with E-state index in [4.69, 9.17) is 5.73 Å². The second-order valence-corrected chi connectivity index (χ2v) is 8.19. The maximum atomic E-state index is 12.8. The number of carboxylic acid groups (broad SMARTS) is 1. The second-order valence-electron chi connectivity index (χ2n) is 8.19. The lowest BCUT2D eigenvalue weighted by Crippen LogP contribution is -2.55. The highest BCUT2D eigenvalue weighted by atomic mass is 16.4. The van der Waals surface area contributed by atoms with Crippen LogP contribution < -0.4 is 21.7 Å². The first-order valence-corrected chi connectivity index (χ1v) is 10.6. The zero-order valence-corrected chi connectivity index (χ0v) is 18.9. The molecule has 0 bridgehead atoms. The fourth-order valence-corrected chi connectivity index (χ4v) is 2.89. The highest BCUT2D eigenvalue weighted by molar-refractivity contribution is 5.92. The first kappa shape index (κ1) is 26.9. The number of carbonyl (C=O) groups is 4. The van der Waals surface area contributed by atoms with Gasteiger partial charge in [0.15, 0.2) is 0 Å². The van der Waals surface area contributed by atoms with Crippen LogP contribution in [0.2, 0.25) is 0 Å². The Hall–Kier alpha value is -3.14. The van der Waals surface area contributed by atoms with E-state index in [0.717, 1.165) is 0 Å². The van der Waals surface area contributed by atoms with Gasteiger partial charge in [0.25, 0.3) is 0 Å². The van der Waals surface area contributed by atoms with E-state index in [-0.39, 0.29) is 24.0 Å². The molecule has 1 aromatic carbocycles. The average molecular weight is 451 g/mol. The van der Waals surface area contributed by atoms with Crippen LogP contribution in [0.5, 0.6) is 5.75 Å². The minimum Gasteiger partial charge on any atom is -0.508 e. The molecule has 0 aliphatic rings. The van der Waals surface area contributed by atoms with Crippen molar-refractivity contribution in [3.05, 3.63) is 29.8 Å². The number of phenols is 1. The van der Waals surface area contributed by atoms with E-state index in [9.17, 15) is 29.4 Å². The maximum absolute atomic E-state index is 12.8. The lowest BCUT2D eigenvalue weighted by molar-refractivity contribution is -0.143. The van der Waals surface area contributed by atoms with Gasteiger partial charge < -0.3 is 31.9 Å². The van der Waals surface area contributed by atoms with Crippen LogP contribution in [0.1, 0.15) is 39.7 Å². The molecule has 4 atom stereocenters. The highest BCUT2D eigenvalue weighted by Gasteiger charge is 2.27. The Labute approximate surface area is 187 Å². The molecule has 0 heterocycles. The van der Waals surface area contributed by atoms with Crippen LogP contribution in [0.15, 0.2) is 24.3 Å². The number of hydrogen-bond donors (Lipinski definition) is 6. The van der Waals surface area contributed by atoms with Crippen LogP contribution in [-0.4, -0.2) is 58.6 Å². The quantitative estimate of drug-likeness (QED) is 0.263. The molecular weight excluding hydrogens is 416 g/mol. The van der Waals surface area contributed by atoms with E-state index in [1.807, 2.05) is 13.8 Å². The molecule has 10 heteroatoms. The average Bonchev–Trinajstić information content (AvgIpc) is 2.74. The maximum Gasteiger partial charge on any atom is 0.326 e. The van der Waals surface area contributed by atoms with Gasteiger partial charge in [-0.1, -0.05) is 46.2 Å². The molecule has 0 aromatic heterocycles. The monoisotopic (exact) mass is 450 g/mol. The summed E-state index contributed by atoms with van der Waals surface area (Å²) in [6, 6.07) is 3.24. The van der Waals surface area contributed by atoms with Gasteiger partial charge in [0.2, 0.25) is 17.7 Å². The summed E-state index contributed by atoms with van der Waals surface area (Å²) in [7, 11) is 0. The van der Waals surface area contributed by atoms with Gasteiger partial charge in [-0.3, -0.25) is 14.4 Å². The molecule has 0 aliphatic heterocycles. The van der Waals surface area contributed by atoms with E-state index in [2.05, 4.69) is 16.0 Å². The summed E-state index contributed by atoms with van der Waals surface area (Å²) in [5, 5.41) is 26.1. The fraction of sp³-hybridized carbons (Fsp3) is 0.545. The standard InChI is InChI=1S/C22H34N4O6/c1-5-13(4)18(23)21(30)25-16(10-14-6-8-15(27)9-7-14)20(29)24-11-17(28)26-19(12(2)3)22(31)32/h6-9,12-13,16,18-19,27H,5,10-11,23H2,1-4H3,(H,24,29)(H,25,30)(H,26,28)(H,31,32). The van der Waals surface area contributed by atoms with Crippen LogP contribution in [0, 0.1) is 11.8 Å². The minimum atomic E-state index is -1.17. The third-order valence-corrected chi connectivity index (χ3v) is 5.24. The summed E-state index contributed by atoms with van der Waals surface area (Å²) in [5.74, 6) is -3.31. The Bertz CT molecular complexity index is 796. The molecule has 1 rings (SSSR count). The molecule has 10 nitrogen and oxygen atoms in total. The molecule has 0 spiro atoms. The summed E-state index contributed by atoms with van der Waals surface area (Å²) in [5.41, 5.74) is 6.65. The molecule has 3 amide bonds. The van der Waals surface area contributed by atoms with E-state index in [1.165, 1.54) is 12.1 Å². The van der Waals surface area contributed by atoms with Crippen LogP contribution in [0.4, 0.5) is 0 Å². The molecule has 178 valence electrons. The first-order chi connectivity index (χ1) is 15.0. The molecular formula is C22H34N4O6. The number of aliphatic carboxylic acids is 1. The predicted octanol–water partition coefficient (Wildman–Crippen LogP) is 0.135. The van der Waals surface area contributed by atoms with Crippen molar-refractivity contribution in [1.82, 2.24) is 16.0 Å². The van der Waals surface area contributed by atoms with Crippen LogP contribution in [-0.2, 0) is 25.6 Å². The molecule has 0 radical (unpaired) electrons. The van der Waals surface area contributed by atoms with E-state index >= 15 is 0 Å². The number of carbonyl (C=O) groups excluding carboxylic acids is 3. The van der Waals surface area contributed by atoms with E-state index < -0.39 is 48.4 Å². The van der Waals surface area contributed by atoms with Crippen molar-refractivity contribution in [3.63, 3.8) is 0 Å². The van der Waals surface area contributed by atoms with Crippen LogP contribution in [0.25, 0.3) is 0 Å². The van der Waals surface area contributed by atoms with Gasteiger partial charge in [-0.15, -0.1) is 0 Å². The Morgan fingerprint density at radius 3 is 2.09 bits per heavy atom.